The molecule has 26 heavy (non-hydrogen) atoms. The summed E-state index contributed by atoms with van der Waals surface area (Å²) >= 11 is -2.04. The van der Waals surface area contributed by atoms with Crippen LogP contribution in [0.4, 0.5) is 0 Å². The molecule has 0 amide bonds. The summed E-state index contributed by atoms with van der Waals surface area (Å²) in [5.41, 5.74) is 8.26. The van der Waals surface area contributed by atoms with Crippen LogP contribution in [-0.4, -0.2) is 0 Å². The SMILES string of the molecule is CCCC1=[C]([Zr]([C]2=C(CCC)C=CC2)[C]2=C(C)C(C)=C(C)C2C)CC=C1. The molecular weight excluding hydrogens is 391 g/mol. The summed E-state index contributed by atoms with van der Waals surface area (Å²) in [5, 5.41) is 0. The van der Waals surface area contributed by atoms with Gasteiger partial charge in [-0.3, -0.25) is 0 Å². The summed E-state index contributed by atoms with van der Waals surface area (Å²) in [6.07, 6.45) is 17.4. The molecule has 0 spiro atoms. The Balaban J connectivity index is 2.14. The van der Waals surface area contributed by atoms with E-state index < -0.39 is 21.8 Å². The molecule has 0 bridgehead atoms. The molecule has 0 aliphatic heterocycles. The van der Waals surface area contributed by atoms with Crippen LogP contribution < -0.4 is 0 Å². The molecule has 3 aliphatic rings. The molecule has 1 unspecified atom stereocenters. The van der Waals surface area contributed by atoms with E-state index >= 15 is 0 Å². The van der Waals surface area contributed by atoms with E-state index in [9.17, 15) is 0 Å². The van der Waals surface area contributed by atoms with Gasteiger partial charge in [0.2, 0.25) is 0 Å². The predicted octanol–water partition coefficient (Wildman–Crippen LogP) is 7.89. The Bertz CT molecular complexity index is 724. The van der Waals surface area contributed by atoms with Crippen molar-refractivity contribution in [2.24, 2.45) is 5.92 Å². The molecule has 0 radical (unpaired) electrons. The van der Waals surface area contributed by atoms with Gasteiger partial charge in [-0.05, 0) is 0 Å². The molecule has 0 aromatic carbocycles. The van der Waals surface area contributed by atoms with Crippen LogP contribution in [0.25, 0.3) is 0 Å². The Labute approximate surface area is 169 Å². The topological polar surface area (TPSA) is 0 Å². The van der Waals surface area contributed by atoms with Crippen LogP contribution in [0.1, 0.15) is 80.1 Å². The molecule has 0 heterocycles. The van der Waals surface area contributed by atoms with Crippen molar-refractivity contribution in [2.75, 3.05) is 0 Å². The monoisotopic (exact) mass is 425 g/mol. The molecule has 0 N–H and O–H groups in total. The molecule has 0 saturated carbocycles. The number of hydrogen-bond donors (Lipinski definition) is 0. The van der Waals surface area contributed by atoms with Crippen LogP contribution >= 0.6 is 0 Å². The average molecular weight is 427 g/mol. The van der Waals surface area contributed by atoms with Crippen LogP contribution in [0.3, 0.4) is 0 Å². The van der Waals surface area contributed by atoms with E-state index in [4.69, 9.17) is 0 Å². The van der Waals surface area contributed by atoms with Gasteiger partial charge in [-0.1, -0.05) is 0 Å². The molecule has 1 heteroatoms. The van der Waals surface area contributed by atoms with E-state index in [2.05, 4.69) is 65.8 Å². The summed E-state index contributed by atoms with van der Waals surface area (Å²) < 4.78 is 5.68. The molecule has 1 atom stereocenters. The second kappa shape index (κ2) is 8.56. The second-order valence-electron chi connectivity index (χ2n) is 8.16. The van der Waals surface area contributed by atoms with E-state index in [-0.39, 0.29) is 0 Å². The Morgan fingerprint density at radius 2 is 1.35 bits per heavy atom. The first-order valence-corrected chi connectivity index (χ1v) is 14.2. The van der Waals surface area contributed by atoms with Crippen molar-refractivity contribution in [3.05, 3.63) is 62.0 Å². The Hall–Kier alpha value is -0.677. The van der Waals surface area contributed by atoms with Crippen LogP contribution in [0.15, 0.2) is 62.0 Å². The quantitative estimate of drug-likeness (QED) is 0.388. The summed E-state index contributed by atoms with van der Waals surface area (Å²) in [5.74, 6) is 0.663. The number of allylic oxidation sites excluding steroid dienone is 12. The molecule has 139 valence electrons. The van der Waals surface area contributed by atoms with Gasteiger partial charge in [-0.25, -0.2) is 0 Å². The van der Waals surface area contributed by atoms with E-state index in [0.717, 1.165) is 0 Å². The van der Waals surface area contributed by atoms with Gasteiger partial charge in [0.25, 0.3) is 0 Å². The normalized spacial score (nSPS) is 22.8. The van der Waals surface area contributed by atoms with Crippen LogP contribution in [0, 0.1) is 5.92 Å². The summed E-state index contributed by atoms with van der Waals surface area (Å²) in [6.45, 7) is 14.3. The fraction of sp³-hybridized carbons (Fsp3) is 0.520. The zero-order valence-corrected chi connectivity index (χ0v) is 20.1. The maximum atomic E-state index is 2.48. The zero-order chi connectivity index (χ0) is 18.8. The molecule has 0 aromatic rings. The van der Waals surface area contributed by atoms with Gasteiger partial charge in [0.05, 0.1) is 0 Å². The van der Waals surface area contributed by atoms with Gasteiger partial charge in [0.1, 0.15) is 0 Å². The standard InChI is InChI=1S/C9H13.2C8H11.Zr/c1-6-5-7(2)9(4)8(6)3;2*1-2-5-8-6-3-4-7-8;/h6H,1-4H3;2*3,6H,2,4-5H2,1H3;. The molecule has 0 aromatic heterocycles. The van der Waals surface area contributed by atoms with Crippen LogP contribution in [-0.2, 0) is 21.8 Å². The van der Waals surface area contributed by atoms with Crippen molar-refractivity contribution in [3.8, 4) is 0 Å². The fourth-order valence-corrected chi connectivity index (χ4v) is 14.6. The van der Waals surface area contributed by atoms with Crippen molar-refractivity contribution in [3.63, 3.8) is 0 Å². The van der Waals surface area contributed by atoms with Crippen molar-refractivity contribution >= 4 is 0 Å². The number of hydrogen-bond acceptors (Lipinski definition) is 0. The molecule has 0 fully saturated rings. The van der Waals surface area contributed by atoms with Gasteiger partial charge in [0.15, 0.2) is 0 Å². The second-order valence-corrected chi connectivity index (χ2v) is 14.3. The zero-order valence-electron chi connectivity index (χ0n) is 17.6. The predicted molar refractivity (Wildman–Crippen MR) is 112 cm³/mol. The van der Waals surface area contributed by atoms with E-state index in [1.165, 1.54) is 38.5 Å². The van der Waals surface area contributed by atoms with Gasteiger partial charge in [-0.15, -0.1) is 0 Å². The first-order valence-electron chi connectivity index (χ1n) is 10.5. The van der Waals surface area contributed by atoms with E-state index in [1.807, 2.05) is 9.84 Å². The van der Waals surface area contributed by atoms with Gasteiger partial charge in [-0.2, -0.15) is 0 Å². The molecule has 0 saturated heterocycles. The molecule has 3 rings (SSSR count). The first kappa shape index (κ1) is 20.1. The minimum absolute atomic E-state index is 0.663. The van der Waals surface area contributed by atoms with Crippen molar-refractivity contribution < 1.29 is 21.8 Å². The molecule has 0 nitrogen and oxygen atoms in total. The van der Waals surface area contributed by atoms with Gasteiger partial charge in [0, 0.05) is 0 Å². The third-order valence-corrected chi connectivity index (χ3v) is 15.5. The van der Waals surface area contributed by atoms with Crippen LogP contribution in [0.2, 0.25) is 0 Å². The van der Waals surface area contributed by atoms with Crippen molar-refractivity contribution in [1.29, 1.82) is 0 Å². The van der Waals surface area contributed by atoms with Crippen LogP contribution in [0.5, 0.6) is 0 Å². The first-order chi connectivity index (χ1) is 12.5. The third kappa shape index (κ3) is 3.54. The van der Waals surface area contributed by atoms with Crippen molar-refractivity contribution in [1.82, 2.24) is 0 Å². The third-order valence-electron chi connectivity index (χ3n) is 6.61. The minimum atomic E-state index is -2.04. The van der Waals surface area contributed by atoms with Crippen molar-refractivity contribution in [2.45, 2.75) is 80.1 Å². The maximum absolute atomic E-state index is 2.48. The molecule has 3 aliphatic carbocycles. The fourth-order valence-electron chi connectivity index (χ4n) is 4.91. The van der Waals surface area contributed by atoms with Gasteiger partial charge < -0.3 is 0 Å². The average Bonchev–Trinajstić information content (AvgIpc) is 3.31. The molecular formula is C25H35Zr. The number of rotatable bonds is 7. The Morgan fingerprint density at radius 3 is 1.73 bits per heavy atom. The van der Waals surface area contributed by atoms with Gasteiger partial charge >= 0.3 is 170 Å². The summed E-state index contributed by atoms with van der Waals surface area (Å²) in [7, 11) is 0. The summed E-state index contributed by atoms with van der Waals surface area (Å²) in [4.78, 5) is 0. The van der Waals surface area contributed by atoms with E-state index in [1.54, 1.807) is 27.9 Å². The Kier molecular flexibility index (Phi) is 6.60. The van der Waals surface area contributed by atoms with E-state index in [0.29, 0.717) is 5.92 Å². The Morgan fingerprint density at radius 1 is 0.846 bits per heavy atom. The summed E-state index contributed by atoms with van der Waals surface area (Å²) in [6, 6.07) is 0.